The summed E-state index contributed by atoms with van der Waals surface area (Å²) in [6.45, 7) is 7.64. The third kappa shape index (κ3) is 2.65. The van der Waals surface area contributed by atoms with Gasteiger partial charge in [-0.3, -0.25) is 9.59 Å². The van der Waals surface area contributed by atoms with Crippen LogP contribution in [0.3, 0.4) is 0 Å². The van der Waals surface area contributed by atoms with Gasteiger partial charge in [0.15, 0.2) is 11.9 Å². The fraction of sp³-hybridized carbons (Fsp3) is 0.632. The Hall–Kier alpha value is -1.75. The highest BCUT2D eigenvalue weighted by atomic mass is 16.5. The van der Waals surface area contributed by atoms with Crippen LogP contribution in [0.5, 0.6) is 0 Å². The number of carbonyl (C=O) groups excluding carboxylic acids is 3. The fourth-order valence-electron chi connectivity index (χ4n) is 4.79. The number of rotatable bonds is 4. The van der Waals surface area contributed by atoms with Crippen molar-refractivity contribution in [3.05, 3.63) is 23.8 Å². The van der Waals surface area contributed by atoms with Crippen LogP contribution in [-0.4, -0.2) is 35.4 Å². The molecule has 0 bridgehead atoms. The van der Waals surface area contributed by atoms with E-state index < -0.39 is 23.1 Å². The molecule has 0 amide bonds. The third-order valence-corrected chi connectivity index (χ3v) is 5.88. The highest BCUT2D eigenvalue weighted by Gasteiger charge is 2.64. The lowest BCUT2D eigenvalue weighted by molar-refractivity contribution is -0.184. The molecule has 2 aliphatic carbocycles. The van der Waals surface area contributed by atoms with E-state index in [1.54, 1.807) is 13.0 Å². The topological polar surface area (TPSA) is 80.7 Å². The van der Waals surface area contributed by atoms with Crippen LogP contribution in [0.25, 0.3) is 0 Å². The van der Waals surface area contributed by atoms with Gasteiger partial charge in [0.1, 0.15) is 12.4 Å². The van der Waals surface area contributed by atoms with E-state index in [0.29, 0.717) is 19.0 Å². The maximum Gasteiger partial charge on any atom is 0.331 e. The zero-order valence-corrected chi connectivity index (χ0v) is 14.7. The summed E-state index contributed by atoms with van der Waals surface area (Å²) >= 11 is 0. The Balaban J connectivity index is 2.61. The molecule has 0 aromatic rings. The molecule has 0 aromatic carbocycles. The van der Waals surface area contributed by atoms with Crippen molar-refractivity contribution in [2.24, 2.45) is 16.7 Å². The monoisotopic (exact) mass is 334 g/mol. The molecule has 5 heteroatoms. The summed E-state index contributed by atoms with van der Waals surface area (Å²) in [5, 5.41) is 11.1. The molecular weight excluding hydrogens is 308 g/mol. The van der Waals surface area contributed by atoms with Crippen LogP contribution >= 0.6 is 0 Å². The third-order valence-electron chi connectivity index (χ3n) is 5.88. The van der Waals surface area contributed by atoms with E-state index in [4.69, 9.17) is 4.74 Å². The standard InChI is InChI=1S/C19H26O5/c1-5-7-15(22)24-14-10-13(11-20)19(23,12-21)18(4)9-6-8-17(2,3)16(14)18/h5,7,10-12,14,16,23H,6,8-9H2,1-4H3/b7-5+/t14-,16+,18+,19-/m1/s1. The first-order valence-electron chi connectivity index (χ1n) is 8.36. The molecule has 0 radical (unpaired) electrons. The Morgan fingerprint density at radius 3 is 2.50 bits per heavy atom. The molecule has 4 atom stereocenters. The Morgan fingerprint density at radius 1 is 1.29 bits per heavy atom. The maximum absolute atomic E-state index is 12.0. The van der Waals surface area contributed by atoms with Crippen LogP contribution in [0.2, 0.25) is 0 Å². The quantitative estimate of drug-likeness (QED) is 0.485. The van der Waals surface area contributed by atoms with E-state index in [1.165, 1.54) is 12.2 Å². The van der Waals surface area contributed by atoms with E-state index >= 15 is 0 Å². The number of esters is 1. The summed E-state index contributed by atoms with van der Waals surface area (Å²) in [5.74, 6) is -0.767. The van der Waals surface area contributed by atoms with Gasteiger partial charge >= 0.3 is 5.97 Å². The molecule has 5 nitrogen and oxygen atoms in total. The van der Waals surface area contributed by atoms with Crippen molar-refractivity contribution in [1.29, 1.82) is 0 Å². The Kier molecular flexibility index (Phi) is 4.86. The lowest BCUT2D eigenvalue weighted by Gasteiger charge is -2.59. The number of fused-ring (bicyclic) bond motifs is 1. The number of hydrogen-bond acceptors (Lipinski definition) is 5. The molecule has 0 saturated heterocycles. The summed E-state index contributed by atoms with van der Waals surface area (Å²) in [7, 11) is 0. The molecule has 0 heterocycles. The van der Waals surface area contributed by atoms with Crippen LogP contribution in [0.15, 0.2) is 23.8 Å². The van der Waals surface area contributed by atoms with E-state index in [2.05, 4.69) is 13.8 Å². The van der Waals surface area contributed by atoms with Crippen molar-refractivity contribution in [2.45, 2.75) is 58.7 Å². The van der Waals surface area contributed by atoms with Crippen LogP contribution in [0.1, 0.15) is 47.0 Å². The number of allylic oxidation sites excluding steroid dienone is 1. The van der Waals surface area contributed by atoms with Gasteiger partial charge in [0, 0.05) is 23.0 Å². The van der Waals surface area contributed by atoms with Gasteiger partial charge in [-0.25, -0.2) is 4.79 Å². The summed E-state index contributed by atoms with van der Waals surface area (Å²) in [6.07, 6.45) is 6.96. The summed E-state index contributed by atoms with van der Waals surface area (Å²) in [4.78, 5) is 35.3. The highest BCUT2D eigenvalue weighted by molar-refractivity contribution is 5.89. The number of ether oxygens (including phenoxy) is 1. The van der Waals surface area contributed by atoms with Gasteiger partial charge in [0.25, 0.3) is 0 Å². The van der Waals surface area contributed by atoms with E-state index in [9.17, 15) is 19.5 Å². The molecule has 0 spiro atoms. The number of hydrogen-bond donors (Lipinski definition) is 1. The minimum Gasteiger partial charge on any atom is -0.455 e. The molecular formula is C19H26O5. The number of carbonyl (C=O) groups is 3. The summed E-state index contributed by atoms with van der Waals surface area (Å²) < 4.78 is 5.58. The molecule has 2 rings (SSSR count). The zero-order chi connectivity index (χ0) is 18.2. The first-order chi connectivity index (χ1) is 11.2. The Bertz CT molecular complexity index is 603. The summed E-state index contributed by atoms with van der Waals surface area (Å²) in [6, 6.07) is 0. The first-order valence-corrected chi connectivity index (χ1v) is 8.36. The van der Waals surface area contributed by atoms with Crippen LogP contribution in [-0.2, 0) is 19.1 Å². The van der Waals surface area contributed by atoms with Gasteiger partial charge in [-0.05, 0) is 31.3 Å². The van der Waals surface area contributed by atoms with Crippen molar-refractivity contribution < 1.29 is 24.2 Å². The minimum atomic E-state index is -1.86. The molecule has 1 fully saturated rings. The molecule has 0 unspecified atom stereocenters. The SMILES string of the molecule is C/C=C/C(=O)O[C@@H]1C=C(C=O)[C@](O)(C=O)[C@@]2(C)CCCC(C)(C)[C@H]12. The van der Waals surface area contributed by atoms with Crippen molar-refractivity contribution in [3.8, 4) is 0 Å². The molecule has 0 aliphatic heterocycles. The number of aldehydes is 2. The molecule has 2 aliphatic rings. The van der Waals surface area contributed by atoms with Crippen LogP contribution in [0.4, 0.5) is 0 Å². The van der Waals surface area contributed by atoms with E-state index in [0.717, 1.165) is 12.8 Å². The van der Waals surface area contributed by atoms with Crippen molar-refractivity contribution in [2.75, 3.05) is 0 Å². The van der Waals surface area contributed by atoms with Gasteiger partial charge in [0.2, 0.25) is 0 Å². The van der Waals surface area contributed by atoms with Gasteiger partial charge in [0.05, 0.1) is 0 Å². The molecule has 132 valence electrons. The average molecular weight is 334 g/mol. The van der Waals surface area contributed by atoms with Crippen molar-refractivity contribution in [3.63, 3.8) is 0 Å². The fourth-order valence-corrected chi connectivity index (χ4v) is 4.79. The molecule has 0 aromatic heterocycles. The second-order valence-electron chi connectivity index (χ2n) is 7.76. The van der Waals surface area contributed by atoms with Gasteiger partial charge in [-0.15, -0.1) is 0 Å². The molecule has 1 N–H and O–H groups in total. The average Bonchev–Trinajstić information content (AvgIpc) is 2.49. The predicted molar refractivity (Wildman–Crippen MR) is 89.1 cm³/mol. The Labute approximate surface area is 142 Å². The van der Waals surface area contributed by atoms with E-state index in [1.807, 2.05) is 6.92 Å². The van der Waals surface area contributed by atoms with Gasteiger partial charge in [-0.2, -0.15) is 0 Å². The zero-order valence-electron chi connectivity index (χ0n) is 14.7. The second kappa shape index (κ2) is 6.28. The predicted octanol–water partition coefficient (Wildman–Crippen LogP) is 2.38. The first kappa shape index (κ1) is 18.6. The smallest absolute Gasteiger partial charge is 0.331 e. The lowest BCUT2D eigenvalue weighted by atomic mass is 9.46. The number of aliphatic hydroxyl groups is 1. The van der Waals surface area contributed by atoms with Crippen molar-refractivity contribution in [1.82, 2.24) is 0 Å². The van der Waals surface area contributed by atoms with Gasteiger partial charge in [-0.1, -0.05) is 33.3 Å². The second-order valence-corrected chi connectivity index (χ2v) is 7.76. The molecule has 24 heavy (non-hydrogen) atoms. The largest absolute Gasteiger partial charge is 0.455 e. The maximum atomic E-state index is 12.0. The highest BCUT2D eigenvalue weighted by Crippen LogP contribution is 2.60. The normalized spacial score (nSPS) is 38.1. The Morgan fingerprint density at radius 2 is 1.96 bits per heavy atom. The van der Waals surface area contributed by atoms with Crippen molar-refractivity contribution >= 4 is 18.5 Å². The van der Waals surface area contributed by atoms with Crippen LogP contribution in [0, 0.1) is 16.7 Å². The minimum absolute atomic E-state index is 0.0211. The summed E-state index contributed by atoms with van der Waals surface area (Å²) in [5.41, 5.74) is -3.01. The lowest BCUT2D eigenvalue weighted by Crippen LogP contribution is -2.64. The van der Waals surface area contributed by atoms with E-state index in [-0.39, 0.29) is 16.9 Å². The molecule has 1 saturated carbocycles. The van der Waals surface area contributed by atoms with Gasteiger partial charge < -0.3 is 9.84 Å². The van der Waals surface area contributed by atoms with Crippen LogP contribution < -0.4 is 0 Å².